The number of rotatable bonds is 2. The van der Waals surface area contributed by atoms with Crippen LogP contribution in [-0.4, -0.2) is 11.0 Å². The summed E-state index contributed by atoms with van der Waals surface area (Å²) in [5, 5.41) is 1.84. The highest BCUT2D eigenvalue weighted by Gasteiger charge is 2.11. The highest BCUT2D eigenvalue weighted by molar-refractivity contribution is 6.05. The zero-order valence-corrected chi connectivity index (χ0v) is 11.9. The summed E-state index contributed by atoms with van der Waals surface area (Å²) in [7, 11) is 0. The molecule has 112 valence electrons. The van der Waals surface area contributed by atoms with Gasteiger partial charge in [-0.3, -0.25) is 4.79 Å². The van der Waals surface area contributed by atoms with Crippen LogP contribution in [0, 0.1) is 0 Å². The van der Waals surface area contributed by atoms with E-state index in [-0.39, 0.29) is 11.1 Å². The van der Waals surface area contributed by atoms with Gasteiger partial charge < -0.3 is 14.1 Å². The summed E-state index contributed by atoms with van der Waals surface area (Å²) in [4.78, 5) is 25.6. The molecule has 5 nitrogen and oxygen atoms in total. The van der Waals surface area contributed by atoms with Crippen LogP contribution in [0.25, 0.3) is 21.9 Å². The van der Waals surface area contributed by atoms with Gasteiger partial charge in [-0.2, -0.15) is 0 Å². The average molecular weight is 305 g/mol. The predicted molar refractivity (Wildman–Crippen MR) is 85.7 cm³/mol. The lowest BCUT2D eigenvalue weighted by atomic mass is 10.1. The van der Waals surface area contributed by atoms with Crippen molar-refractivity contribution in [3.63, 3.8) is 0 Å². The Morgan fingerprint density at radius 3 is 2.61 bits per heavy atom. The number of H-pyrrole nitrogens is 1. The fourth-order valence-electron chi connectivity index (χ4n) is 2.47. The summed E-state index contributed by atoms with van der Waals surface area (Å²) in [5.74, 6) is -0.117. The van der Waals surface area contributed by atoms with Crippen LogP contribution < -0.4 is 10.3 Å². The number of ether oxygens (including phenoxy) is 1. The van der Waals surface area contributed by atoms with Gasteiger partial charge >= 0.3 is 5.97 Å². The third kappa shape index (κ3) is 2.38. The van der Waals surface area contributed by atoms with Gasteiger partial charge in [0.15, 0.2) is 0 Å². The molecule has 4 rings (SSSR count). The molecule has 2 aromatic heterocycles. The first-order valence-corrected chi connectivity index (χ1v) is 7.03. The van der Waals surface area contributed by atoms with Gasteiger partial charge in [0.2, 0.25) is 5.56 Å². The summed E-state index contributed by atoms with van der Waals surface area (Å²) in [6, 6.07) is 15.6. The standard InChI is InChI=1S/C18H11NO4/c20-17-8-5-11(10-19-17)18(21)22-12-6-7-16-14(9-12)13-3-1-2-4-15(13)23-16/h1-10H,(H,19,20). The Kier molecular flexibility index (Phi) is 2.98. The smallest absolute Gasteiger partial charge is 0.345 e. The highest BCUT2D eigenvalue weighted by Crippen LogP contribution is 2.31. The Morgan fingerprint density at radius 1 is 0.957 bits per heavy atom. The van der Waals surface area contributed by atoms with Crippen LogP contribution in [0.3, 0.4) is 0 Å². The van der Waals surface area contributed by atoms with Crippen molar-refractivity contribution in [1.29, 1.82) is 0 Å². The number of hydrogen-bond donors (Lipinski definition) is 1. The zero-order valence-electron chi connectivity index (χ0n) is 11.9. The number of hydrogen-bond acceptors (Lipinski definition) is 4. The number of para-hydroxylation sites is 1. The summed E-state index contributed by atoms with van der Waals surface area (Å²) in [6.45, 7) is 0. The van der Waals surface area contributed by atoms with Gasteiger partial charge in [-0.05, 0) is 30.3 Å². The largest absolute Gasteiger partial charge is 0.456 e. The minimum Gasteiger partial charge on any atom is -0.456 e. The number of carbonyl (C=O) groups excluding carboxylic acids is 1. The van der Waals surface area contributed by atoms with Gasteiger partial charge in [0.25, 0.3) is 0 Å². The molecule has 0 aliphatic heterocycles. The van der Waals surface area contributed by atoms with Gasteiger partial charge in [0.05, 0.1) is 5.56 Å². The lowest BCUT2D eigenvalue weighted by Crippen LogP contribution is -2.12. The van der Waals surface area contributed by atoms with Crippen LogP contribution in [0.15, 0.2) is 70.0 Å². The van der Waals surface area contributed by atoms with Crippen molar-refractivity contribution >= 4 is 27.9 Å². The molecule has 4 aromatic rings. The monoisotopic (exact) mass is 305 g/mol. The second kappa shape index (κ2) is 5.14. The summed E-state index contributed by atoms with van der Waals surface area (Å²) < 4.78 is 11.1. The number of benzene rings is 2. The van der Waals surface area contributed by atoms with Gasteiger partial charge in [-0.25, -0.2) is 4.79 Å². The summed E-state index contributed by atoms with van der Waals surface area (Å²) >= 11 is 0. The molecule has 0 spiro atoms. The minimum atomic E-state index is -0.534. The van der Waals surface area contributed by atoms with Crippen molar-refractivity contribution in [2.24, 2.45) is 0 Å². The van der Waals surface area contributed by atoms with E-state index in [0.29, 0.717) is 5.75 Å². The van der Waals surface area contributed by atoms with Crippen molar-refractivity contribution in [2.75, 3.05) is 0 Å². The zero-order chi connectivity index (χ0) is 15.8. The lowest BCUT2D eigenvalue weighted by molar-refractivity contribution is 0.0734. The van der Waals surface area contributed by atoms with Crippen molar-refractivity contribution < 1.29 is 13.9 Å². The molecule has 2 heterocycles. The van der Waals surface area contributed by atoms with Crippen LogP contribution in [0.1, 0.15) is 10.4 Å². The summed E-state index contributed by atoms with van der Waals surface area (Å²) in [5.41, 5.74) is 1.52. The molecule has 0 saturated heterocycles. The second-order valence-electron chi connectivity index (χ2n) is 5.09. The topological polar surface area (TPSA) is 72.3 Å². The molecule has 5 heteroatoms. The first kappa shape index (κ1) is 13.3. The Balaban J connectivity index is 1.71. The molecule has 0 bridgehead atoms. The average Bonchev–Trinajstić information content (AvgIpc) is 2.93. The first-order chi connectivity index (χ1) is 11.2. The number of esters is 1. The van der Waals surface area contributed by atoms with Crippen LogP contribution in [0.4, 0.5) is 0 Å². The molecular weight excluding hydrogens is 294 g/mol. The molecule has 1 N–H and O–H groups in total. The van der Waals surface area contributed by atoms with Crippen molar-refractivity contribution in [1.82, 2.24) is 4.98 Å². The van der Waals surface area contributed by atoms with Crippen molar-refractivity contribution in [2.45, 2.75) is 0 Å². The fraction of sp³-hybridized carbons (Fsp3) is 0. The second-order valence-corrected chi connectivity index (χ2v) is 5.09. The van der Waals surface area contributed by atoms with E-state index >= 15 is 0 Å². The molecule has 2 aromatic carbocycles. The van der Waals surface area contributed by atoms with Gasteiger partial charge in [-0.15, -0.1) is 0 Å². The van der Waals surface area contributed by atoms with E-state index in [2.05, 4.69) is 4.98 Å². The number of aromatic amines is 1. The minimum absolute atomic E-state index is 0.271. The van der Waals surface area contributed by atoms with Crippen LogP contribution in [0.5, 0.6) is 5.75 Å². The van der Waals surface area contributed by atoms with E-state index in [1.807, 2.05) is 24.3 Å². The van der Waals surface area contributed by atoms with E-state index < -0.39 is 5.97 Å². The maximum atomic E-state index is 12.1. The number of fused-ring (bicyclic) bond motifs is 3. The molecule has 0 radical (unpaired) electrons. The van der Waals surface area contributed by atoms with Crippen molar-refractivity contribution in [3.05, 3.63) is 76.7 Å². The molecule has 0 atom stereocenters. The maximum absolute atomic E-state index is 12.1. The molecule has 0 aliphatic carbocycles. The Labute approximate surface area is 130 Å². The third-order valence-corrected chi connectivity index (χ3v) is 3.58. The van der Waals surface area contributed by atoms with E-state index in [0.717, 1.165) is 21.9 Å². The molecule has 0 aliphatic rings. The van der Waals surface area contributed by atoms with E-state index in [1.165, 1.54) is 18.3 Å². The molecule has 23 heavy (non-hydrogen) atoms. The number of aromatic nitrogens is 1. The number of carbonyl (C=O) groups is 1. The molecular formula is C18H11NO4. The lowest BCUT2D eigenvalue weighted by Gasteiger charge is -2.04. The fourth-order valence-corrected chi connectivity index (χ4v) is 2.47. The third-order valence-electron chi connectivity index (χ3n) is 3.58. The SMILES string of the molecule is O=C(Oc1ccc2oc3ccccc3c2c1)c1ccc(=O)[nH]c1. The Hall–Kier alpha value is -3.34. The molecule has 0 saturated carbocycles. The van der Waals surface area contributed by atoms with Crippen LogP contribution in [-0.2, 0) is 0 Å². The number of furan rings is 1. The van der Waals surface area contributed by atoms with Crippen LogP contribution >= 0.6 is 0 Å². The Bertz CT molecular complexity index is 1070. The highest BCUT2D eigenvalue weighted by atomic mass is 16.5. The van der Waals surface area contributed by atoms with Crippen molar-refractivity contribution in [3.8, 4) is 5.75 Å². The Morgan fingerprint density at radius 2 is 1.78 bits per heavy atom. The quantitative estimate of drug-likeness (QED) is 0.454. The van der Waals surface area contributed by atoms with E-state index in [1.54, 1.807) is 18.2 Å². The number of pyridine rings is 1. The normalized spacial score (nSPS) is 11.0. The van der Waals surface area contributed by atoms with Crippen LogP contribution in [0.2, 0.25) is 0 Å². The van der Waals surface area contributed by atoms with E-state index in [9.17, 15) is 9.59 Å². The van der Waals surface area contributed by atoms with Gasteiger partial charge in [0.1, 0.15) is 16.9 Å². The molecule has 0 fully saturated rings. The first-order valence-electron chi connectivity index (χ1n) is 7.03. The number of nitrogens with one attached hydrogen (secondary N) is 1. The van der Waals surface area contributed by atoms with Gasteiger partial charge in [-0.1, -0.05) is 18.2 Å². The maximum Gasteiger partial charge on any atom is 0.345 e. The van der Waals surface area contributed by atoms with Gasteiger partial charge in [0, 0.05) is 23.0 Å². The molecule has 0 unspecified atom stereocenters. The summed E-state index contributed by atoms with van der Waals surface area (Å²) in [6.07, 6.45) is 1.33. The van der Waals surface area contributed by atoms with E-state index in [4.69, 9.17) is 9.15 Å². The molecule has 0 amide bonds. The predicted octanol–water partition coefficient (Wildman–Crippen LogP) is 3.49.